The predicted molar refractivity (Wildman–Crippen MR) is 229 cm³/mol. The number of fused-ring (bicyclic) bond motifs is 7. The molecule has 9 aromatic carbocycles. The second-order valence-corrected chi connectivity index (χ2v) is 14.1. The molecule has 0 saturated carbocycles. The fourth-order valence-electron chi connectivity index (χ4n) is 8.32. The summed E-state index contributed by atoms with van der Waals surface area (Å²) in [4.78, 5) is 10.9. The second kappa shape index (κ2) is 12.6. The molecule has 55 heavy (non-hydrogen) atoms. The maximum absolute atomic E-state index is 6.23. The maximum Gasteiger partial charge on any atom is 0.161 e. The highest BCUT2D eigenvalue weighted by Crippen LogP contribution is 2.42. The summed E-state index contributed by atoms with van der Waals surface area (Å²) in [6.45, 7) is 0. The van der Waals surface area contributed by atoms with E-state index in [1.807, 2.05) is 18.2 Å². The lowest BCUT2D eigenvalue weighted by atomic mass is 9.92. The third kappa shape index (κ3) is 5.20. The molecule has 0 saturated heterocycles. The predicted octanol–water partition coefficient (Wildman–Crippen LogP) is 14.2. The molecule has 0 spiro atoms. The minimum Gasteiger partial charge on any atom is -0.456 e. The van der Waals surface area contributed by atoms with Crippen molar-refractivity contribution in [2.75, 3.05) is 0 Å². The summed E-state index contributed by atoms with van der Waals surface area (Å²) in [5, 5.41) is 9.29. The van der Waals surface area contributed by atoms with Crippen molar-refractivity contribution in [2.45, 2.75) is 0 Å². The highest BCUT2D eigenvalue weighted by molar-refractivity contribution is 6.19. The van der Waals surface area contributed by atoms with Crippen LogP contribution in [0.25, 0.3) is 110 Å². The Morgan fingerprint density at radius 3 is 1.80 bits per heavy atom. The Morgan fingerprint density at radius 2 is 0.945 bits per heavy atom. The topological polar surface area (TPSA) is 38.9 Å². The van der Waals surface area contributed by atoms with Crippen molar-refractivity contribution >= 4 is 54.3 Å². The first kappa shape index (κ1) is 31.2. The molecule has 3 nitrogen and oxygen atoms in total. The van der Waals surface area contributed by atoms with Gasteiger partial charge in [0.1, 0.15) is 11.2 Å². The van der Waals surface area contributed by atoms with Gasteiger partial charge in [-0.25, -0.2) is 9.97 Å². The Kier molecular flexibility index (Phi) is 7.17. The Hall–Kier alpha value is -7.36. The van der Waals surface area contributed by atoms with E-state index in [2.05, 4.69) is 176 Å². The normalized spacial score (nSPS) is 11.6. The van der Waals surface area contributed by atoms with Crippen LogP contribution in [0.5, 0.6) is 0 Å². The van der Waals surface area contributed by atoms with Crippen molar-refractivity contribution < 1.29 is 4.42 Å². The number of nitrogens with zero attached hydrogens (tertiary/aromatic N) is 2. The second-order valence-electron chi connectivity index (χ2n) is 14.1. The van der Waals surface area contributed by atoms with Crippen molar-refractivity contribution in [3.63, 3.8) is 0 Å². The number of hydrogen-bond donors (Lipinski definition) is 0. The van der Waals surface area contributed by atoms with Gasteiger partial charge in [-0.1, -0.05) is 170 Å². The first-order valence-corrected chi connectivity index (χ1v) is 18.7. The molecule has 0 aliphatic rings. The molecule has 0 unspecified atom stereocenters. The lowest BCUT2D eigenvalue weighted by Gasteiger charge is -2.16. The van der Waals surface area contributed by atoms with Crippen LogP contribution in [0.1, 0.15) is 0 Å². The fourth-order valence-corrected chi connectivity index (χ4v) is 8.32. The summed E-state index contributed by atoms with van der Waals surface area (Å²) in [5.41, 5.74) is 11.2. The first-order chi connectivity index (χ1) is 27.3. The monoisotopic (exact) mass is 700 g/mol. The Balaban J connectivity index is 1.15. The third-order valence-corrected chi connectivity index (χ3v) is 10.9. The van der Waals surface area contributed by atoms with E-state index in [1.54, 1.807) is 0 Å². The van der Waals surface area contributed by atoms with Gasteiger partial charge in [-0.3, -0.25) is 0 Å². The molecule has 0 radical (unpaired) electrons. The van der Waals surface area contributed by atoms with Crippen molar-refractivity contribution in [3.8, 4) is 56.2 Å². The highest BCUT2D eigenvalue weighted by Gasteiger charge is 2.19. The van der Waals surface area contributed by atoms with E-state index in [1.165, 1.54) is 16.2 Å². The summed E-state index contributed by atoms with van der Waals surface area (Å²) in [7, 11) is 0. The van der Waals surface area contributed by atoms with Gasteiger partial charge in [-0.15, -0.1) is 0 Å². The number of benzene rings is 9. The molecule has 0 atom stereocenters. The zero-order valence-corrected chi connectivity index (χ0v) is 29.8. The van der Waals surface area contributed by atoms with Gasteiger partial charge in [0.15, 0.2) is 5.82 Å². The average Bonchev–Trinajstić information content (AvgIpc) is 3.65. The van der Waals surface area contributed by atoms with Crippen LogP contribution < -0.4 is 0 Å². The molecule has 11 aromatic rings. The van der Waals surface area contributed by atoms with Crippen molar-refractivity contribution in [3.05, 3.63) is 194 Å². The molecule has 11 rings (SSSR count). The molecular weight excluding hydrogens is 669 g/mol. The van der Waals surface area contributed by atoms with Crippen LogP contribution in [0.2, 0.25) is 0 Å². The molecule has 2 aromatic heterocycles. The zero-order chi connectivity index (χ0) is 36.3. The standard InChI is InChI=1S/C52H32N2O/c1-2-13-33(14-3-1)38-17-8-9-20-42(38)47-32-46(36-27-25-35(26-28-36)40-22-12-24-49-50(40)44-21-10-11-23-48(44)55-49)53-52(54-47)51-41-19-7-5-16-37(41)31-45-39-18-6-4-15-34(39)29-30-43(45)51/h1-32H. The number of para-hydroxylation sites is 1. The molecule has 0 aliphatic carbocycles. The molecule has 0 fully saturated rings. The Bertz CT molecular complexity index is 3250. The van der Waals surface area contributed by atoms with E-state index >= 15 is 0 Å². The van der Waals surface area contributed by atoms with Crippen molar-refractivity contribution in [1.29, 1.82) is 0 Å². The van der Waals surface area contributed by atoms with Gasteiger partial charge in [-0.2, -0.15) is 0 Å². The van der Waals surface area contributed by atoms with Crippen molar-refractivity contribution in [1.82, 2.24) is 9.97 Å². The molecule has 0 aliphatic heterocycles. The summed E-state index contributed by atoms with van der Waals surface area (Å²) < 4.78 is 6.23. The number of rotatable bonds is 5. The lowest BCUT2D eigenvalue weighted by molar-refractivity contribution is 0.669. The van der Waals surface area contributed by atoms with Gasteiger partial charge in [0, 0.05) is 27.5 Å². The van der Waals surface area contributed by atoms with Gasteiger partial charge in [0.05, 0.1) is 11.4 Å². The van der Waals surface area contributed by atoms with Gasteiger partial charge in [0.25, 0.3) is 0 Å². The maximum atomic E-state index is 6.23. The molecule has 256 valence electrons. The van der Waals surface area contributed by atoms with E-state index in [4.69, 9.17) is 14.4 Å². The van der Waals surface area contributed by atoms with Crippen LogP contribution in [-0.2, 0) is 0 Å². The summed E-state index contributed by atoms with van der Waals surface area (Å²) in [5.74, 6) is 0.700. The number of aromatic nitrogens is 2. The van der Waals surface area contributed by atoms with Gasteiger partial charge >= 0.3 is 0 Å². The van der Waals surface area contributed by atoms with Crippen molar-refractivity contribution in [2.24, 2.45) is 0 Å². The van der Waals surface area contributed by atoms with Crippen LogP contribution in [0, 0.1) is 0 Å². The number of hydrogen-bond acceptors (Lipinski definition) is 3. The quantitative estimate of drug-likeness (QED) is 0.133. The molecule has 0 N–H and O–H groups in total. The lowest BCUT2D eigenvalue weighted by Crippen LogP contribution is -1.98. The van der Waals surface area contributed by atoms with Gasteiger partial charge < -0.3 is 4.42 Å². The van der Waals surface area contributed by atoms with E-state index in [0.29, 0.717) is 5.82 Å². The Labute approximate surface area is 317 Å². The van der Waals surface area contributed by atoms with E-state index < -0.39 is 0 Å². The van der Waals surface area contributed by atoms with Gasteiger partial charge in [-0.05, 0) is 78.8 Å². The summed E-state index contributed by atoms with van der Waals surface area (Å²) in [6, 6.07) is 68.5. The minimum atomic E-state index is 0.700. The van der Waals surface area contributed by atoms with Gasteiger partial charge in [0.2, 0.25) is 0 Å². The molecule has 0 bridgehead atoms. The van der Waals surface area contributed by atoms with Crippen LogP contribution in [0.15, 0.2) is 199 Å². The smallest absolute Gasteiger partial charge is 0.161 e. The summed E-state index contributed by atoms with van der Waals surface area (Å²) in [6.07, 6.45) is 0. The minimum absolute atomic E-state index is 0.700. The van der Waals surface area contributed by atoms with Crippen LogP contribution in [-0.4, -0.2) is 9.97 Å². The van der Waals surface area contributed by atoms with E-state index in [9.17, 15) is 0 Å². The highest BCUT2D eigenvalue weighted by atomic mass is 16.3. The third-order valence-electron chi connectivity index (χ3n) is 10.9. The zero-order valence-electron chi connectivity index (χ0n) is 29.8. The largest absolute Gasteiger partial charge is 0.456 e. The van der Waals surface area contributed by atoms with Crippen LogP contribution in [0.3, 0.4) is 0 Å². The Morgan fingerprint density at radius 1 is 0.327 bits per heavy atom. The molecule has 2 heterocycles. The van der Waals surface area contributed by atoms with Crippen LogP contribution >= 0.6 is 0 Å². The number of furan rings is 1. The molecule has 0 amide bonds. The summed E-state index contributed by atoms with van der Waals surface area (Å²) >= 11 is 0. The molecular formula is C52H32N2O. The van der Waals surface area contributed by atoms with E-state index in [0.717, 1.165) is 88.4 Å². The SMILES string of the molecule is c1ccc(-c2ccccc2-c2cc(-c3ccc(-c4cccc5oc6ccccc6c45)cc3)nc(-c3c4ccccc4cc4c3ccc3ccccc34)n2)cc1. The average molecular weight is 701 g/mol. The van der Waals surface area contributed by atoms with Crippen LogP contribution in [0.4, 0.5) is 0 Å². The fraction of sp³-hybridized carbons (Fsp3) is 0. The molecule has 3 heteroatoms. The van der Waals surface area contributed by atoms with E-state index in [-0.39, 0.29) is 0 Å². The first-order valence-electron chi connectivity index (χ1n) is 18.7.